The zero-order valence-corrected chi connectivity index (χ0v) is 14.7. The summed E-state index contributed by atoms with van der Waals surface area (Å²) in [5.41, 5.74) is 8.54. The molecule has 1 unspecified atom stereocenters. The van der Waals surface area contributed by atoms with Gasteiger partial charge >= 0.3 is 0 Å². The monoisotopic (exact) mass is 356 g/mol. The Morgan fingerprint density at radius 1 is 1.23 bits per heavy atom. The van der Waals surface area contributed by atoms with E-state index in [0.717, 1.165) is 37.1 Å². The molecule has 1 aromatic rings. The molecule has 4 N–H and O–H groups in total. The van der Waals surface area contributed by atoms with Crippen molar-refractivity contribution < 1.29 is 14.4 Å². The quantitative estimate of drug-likeness (QED) is 0.657. The zero-order chi connectivity index (χ0) is 18.3. The van der Waals surface area contributed by atoms with Gasteiger partial charge in [-0.05, 0) is 48.9 Å². The Balaban J connectivity index is 1.38. The van der Waals surface area contributed by atoms with E-state index in [-0.39, 0.29) is 24.1 Å². The second-order valence-corrected chi connectivity index (χ2v) is 7.62. The number of piperidine rings is 1. The summed E-state index contributed by atoms with van der Waals surface area (Å²) < 4.78 is 0. The Hall–Kier alpha value is -2.25. The highest BCUT2D eigenvalue weighted by Crippen LogP contribution is 2.28. The number of nitrogens with zero attached hydrogens (tertiary/aromatic N) is 1. The fourth-order valence-corrected chi connectivity index (χ4v) is 4.11. The number of rotatable bonds is 5. The van der Waals surface area contributed by atoms with Crippen molar-refractivity contribution in [2.75, 3.05) is 6.54 Å². The molecule has 2 fully saturated rings. The smallest absolute Gasteiger partial charge is 0.255 e. The van der Waals surface area contributed by atoms with Crippen LogP contribution in [0, 0.1) is 5.92 Å². The van der Waals surface area contributed by atoms with Crippen LogP contribution >= 0.6 is 0 Å². The second kappa shape index (κ2) is 6.81. The van der Waals surface area contributed by atoms with Gasteiger partial charge in [0.1, 0.15) is 6.04 Å². The average molecular weight is 356 g/mol. The molecule has 0 aromatic heterocycles. The molecule has 3 amide bonds. The third-order valence-corrected chi connectivity index (χ3v) is 5.62. The highest BCUT2D eigenvalue weighted by atomic mass is 16.2. The summed E-state index contributed by atoms with van der Waals surface area (Å²) in [6, 6.07) is 5.66. The maximum atomic E-state index is 12.6. The summed E-state index contributed by atoms with van der Waals surface area (Å²) in [7, 11) is 0. The van der Waals surface area contributed by atoms with Gasteiger partial charge < -0.3 is 16.0 Å². The lowest BCUT2D eigenvalue weighted by Gasteiger charge is -2.32. The molecule has 3 aliphatic rings. The second-order valence-electron chi connectivity index (χ2n) is 7.62. The van der Waals surface area contributed by atoms with Crippen molar-refractivity contribution in [3.63, 3.8) is 0 Å². The van der Waals surface area contributed by atoms with Crippen LogP contribution in [-0.4, -0.2) is 41.2 Å². The van der Waals surface area contributed by atoms with E-state index in [1.807, 2.05) is 18.2 Å². The van der Waals surface area contributed by atoms with Gasteiger partial charge in [0, 0.05) is 31.1 Å². The summed E-state index contributed by atoms with van der Waals surface area (Å²) in [6.45, 7) is 2.14. The number of fused-ring (bicyclic) bond motifs is 1. The van der Waals surface area contributed by atoms with Crippen LogP contribution in [0.4, 0.5) is 0 Å². The summed E-state index contributed by atoms with van der Waals surface area (Å²) in [6.07, 6.45) is 2.85. The number of hydrogen-bond acceptors (Lipinski definition) is 5. The van der Waals surface area contributed by atoms with Gasteiger partial charge in [0.05, 0.1) is 0 Å². The minimum Gasteiger partial charge on any atom is -0.328 e. The Bertz CT molecular complexity index is 757. The molecule has 0 bridgehead atoms. The molecule has 1 saturated heterocycles. The van der Waals surface area contributed by atoms with Gasteiger partial charge in [-0.1, -0.05) is 12.1 Å². The lowest BCUT2D eigenvalue weighted by Crippen LogP contribution is -2.52. The number of carbonyl (C=O) groups excluding carboxylic acids is 3. The van der Waals surface area contributed by atoms with Crippen molar-refractivity contribution in [2.45, 2.75) is 50.9 Å². The minimum atomic E-state index is -0.558. The number of nitrogens with one attached hydrogen (secondary N) is 2. The van der Waals surface area contributed by atoms with Crippen molar-refractivity contribution in [2.24, 2.45) is 11.7 Å². The predicted octanol–water partition coefficient (Wildman–Crippen LogP) is 0.274. The maximum Gasteiger partial charge on any atom is 0.255 e. The SMILES string of the molecule is NC1CC(CNCc2ccc3c(c2)CN(C2CCC(=O)NC2=O)C3=O)C1. The van der Waals surface area contributed by atoms with Crippen molar-refractivity contribution in [1.29, 1.82) is 0 Å². The number of nitrogens with two attached hydrogens (primary N) is 1. The van der Waals surface area contributed by atoms with E-state index >= 15 is 0 Å². The van der Waals surface area contributed by atoms with Gasteiger partial charge in [0.2, 0.25) is 11.8 Å². The van der Waals surface area contributed by atoms with E-state index in [2.05, 4.69) is 10.6 Å². The highest BCUT2D eigenvalue weighted by molar-refractivity contribution is 6.05. The predicted molar refractivity (Wildman–Crippen MR) is 94.9 cm³/mol. The number of carbonyl (C=O) groups is 3. The van der Waals surface area contributed by atoms with Crippen molar-refractivity contribution in [3.05, 3.63) is 34.9 Å². The average Bonchev–Trinajstić information content (AvgIpc) is 2.89. The molecule has 0 radical (unpaired) electrons. The van der Waals surface area contributed by atoms with Gasteiger partial charge in [-0.15, -0.1) is 0 Å². The summed E-state index contributed by atoms with van der Waals surface area (Å²) in [5.74, 6) is -0.0966. The Kier molecular flexibility index (Phi) is 4.50. The van der Waals surface area contributed by atoms with E-state index in [1.54, 1.807) is 4.90 Å². The van der Waals surface area contributed by atoms with Crippen molar-refractivity contribution in [1.82, 2.24) is 15.5 Å². The largest absolute Gasteiger partial charge is 0.328 e. The van der Waals surface area contributed by atoms with Crippen LogP contribution in [0.15, 0.2) is 18.2 Å². The van der Waals surface area contributed by atoms with Crippen LogP contribution in [0.1, 0.15) is 47.2 Å². The molecule has 4 rings (SSSR count). The van der Waals surface area contributed by atoms with Crippen LogP contribution in [0.25, 0.3) is 0 Å². The lowest BCUT2D eigenvalue weighted by atomic mass is 9.81. The molecule has 1 aliphatic carbocycles. The minimum absolute atomic E-state index is 0.127. The third-order valence-electron chi connectivity index (χ3n) is 5.62. The molecule has 1 aromatic carbocycles. The van der Waals surface area contributed by atoms with Crippen molar-refractivity contribution >= 4 is 17.7 Å². The Labute approximate surface area is 152 Å². The van der Waals surface area contributed by atoms with Gasteiger partial charge in [-0.3, -0.25) is 19.7 Å². The lowest BCUT2D eigenvalue weighted by molar-refractivity contribution is -0.136. The van der Waals surface area contributed by atoms with Gasteiger partial charge in [0.15, 0.2) is 0 Å². The molecule has 0 spiro atoms. The van der Waals surface area contributed by atoms with Crippen LogP contribution in [0.5, 0.6) is 0 Å². The number of amides is 3. The Morgan fingerprint density at radius 2 is 2.04 bits per heavy atom. The molecule has 2 heterocycles. The zero-order valence-electron chi connectivity index (χ0n) is 14.7. The van der Waals surface area contributed by atoms with Gasteiger partial charge in [0.25, 0.3) is 5.91 Å². The van der Waals surface area contributed by atoms with E-state index < -0.39 is 6.04 Å². The number of hydrogen-bond donors (Lipinski definition) is 3. The van der Waals surface area contributed by atoms with Gasteiger partial charge in [-0.25, -0.2) is 0 Å². The normalized spacial score (nSPS) is 28.0. The first-order chi connectivity index (χ1) is 12.5. The van der Waals surface area contributed by atoms with Crippen molar-refractivity contribution in [3.8, 4) is 0 Å². The maximum absolute atomic E-state index is 12.6. The summed E-state index contributed by atoms with van der Waals surface area (Å²) in [4.78, 5) is 37.6. The standard InChI is InChI=1S/C19H24N4O3/c20-14-6-12(7-14)9-21-8-11-1-2-15-13(5-11)10-23(19(15)26)16-3-4-17(24)22-18(16)25/h1-2,5,12,14,16,21H,3-4,6-10,20H2,(H,22,24,25). The Morgan fingerprint density at radius 3 is 2.77 bits per heavy atom. The van der Waals surface area contributed by atoms with E-state index in [1.165, 1.54) is 0 Å². The van der Waals surface area contributed by atoms with E-state index in [9.17, 15) is 14.4 Å². The summed E-state index contributed by atoms with van der Waals surface area (Å²) >= 11 is 0. The van der Waals surface area contributed by atoms with Crippen LogP contribution in [0.3, 0.4) is 0 Å². The molecule has 26 heavy (non-hydrogen) atoms. The number of benzene rings is 1. The van der Waals surface area contributed by atoms with Crippen LogP contribution < -0.4 is 16.4 Å². The molecular formula is C19H24N4O3. The highest BCUT2D eigenvalue weighted by Gasteiger charge is 2.39. The fraction of sp³-hybridized carbons (Fsp3) is 0.526. The molecule has 138 valence electrons. The molecule has 7 nitrogen and oxygen atoms in total. The summed E-state index contributed by atoms with van der Waals surface area (Å²) in [5, 5.41) is 5.78. The number of imide groups is 1. The fourth-order valence-electron chi connectivity index (χ4n) is 4.11. The molecule has 7 heteroatoms. The van der Waals surface area contributed by atoms with E-state index in [0.29, 0.717) is 30.5 Å². The molecular weight excluding hydrogens is 332 g/mol. The van der Waals surface area contributed by atoms with Crippen LogP contribution in [0.2, 0.25) is 0 Å². The molecule has 1 atom stereocenters. The first-order valence-electron chi connectivity index (χ1n) is 9.24. The first kappa shape index (κ1) is 17.2. The molecule has 2 aliphatic heterocycles. The van der Waals surface area contributed by atoms with Gasteiger partial charge in [-0.2, -0.15) is 0 Å². The van der Waals surface area contributed by atoms with Crippen LogP contribution in [-0.2, 0) is 22.7 Å². The first-order valence-corrected chi connectivity index (χ1v) is 9.24. The topological polar surface area (TPSA) is 105 Å². The molecule has 1 saturated carbocycles. The van der Waals surface area contributed by atoms with E-state index in [4.69, 9.17) is 5.73 Å². The third kappa shape index (κ3) is 3.24.